The molecule has 2 aromatic heterocycles. The number of carbonyl (C=O) groups is 1. The van der Waals surface area contributed by atoms with Gasteiger partial charge in [0, 0.05) is 32.4 Å². The topological polar surface area (TPSA) is 80.7 Å². The number of hydrogen-bond acceptors (Lipinski definition) is 8. The Labute approximate surface area is 185 Å². The molecule has 8 nitrogen and oxygen atoms in total. The molecule has 162 valence electrons. The highest BCUT2D eigenvalue weighted by Crippen LogP contribution is 2.33. The summed E-state index contributed by atoms with van der Waals surface area (Å²) in [5, 5.41) is 0. The zero-order valence-electron chi connectivity index (χ0n) is 18.0. The summed E-state index contributed by atoms with van der Waals surface area (Å²) in [6.07, 6.45) is 1.44. The highest BCUT2D eigenvalue weighted by atomic mass is 32.1. The first kappa shape index (κ1) is 21.2. The highest BCUT2D eigenvalue weighted by molar-refractivity contribution is 7.11. The van der Waals surface area contributed by atoms with E-state index in [0.717, 1.165) is 28.3 Å². The first-order valence-electron chi connectivity index (χ1n) is 9.97. The summed E-state index contributed by atoms with van der Waals surface area (Å²) < 4.78 is 11.5. The van der Waals surface area contributed by atoms with Gasteiger partial charge in [-0.15, -0.1) is 11.3 Å². The fourth-order valence-electron chi connectivity index (χ4n) is 3.51. The monoisotopic (exact) mass is 439 g/mol. The number of anilines is 1. The number of morpholine rings is 1. The van der Waals surface area contributed by atoms with Crippen molar-refractivity contribution in [1.82, 2.24) is 19.9 Å². The van der Waals surface area contributed by atoms with Crippen LogP contribution in [-0.4, -0.2) is 66.7 Å². The first-order chi connectivity index (χ1) is 15.0. The SMILES string of the molecule is COc1cccc(-c2cnc(N(C)C)nc2[C@H]2CN(C(=O)c3scnc3C)CCO2)c1. The van der Waals surface area contributed by atoms with Crippen molar-refractivity contribution in [1.29, 1.82) is 0 Å². The van der Waals surface area contributed by atoms with Crippen LogP contribution in [0.2, 0.25) is 0 Å². The van der Waals surface area contributed by atoms with Gasteiger partial charge in [0.05, 0.1) is 37.2 Å². The minimum absolute atomic E-state index is 0.0156. The smallest absolute Gasteiger partial charge is 0.266 e. The predicted octanol–water partition coefficient (Wildman–Crippen LogP) is 3.20. The number of thiazole rings is 1. The van der Waals surface area contributed by atoms with E-state index in [1.807, 2.05) is 61.3 Å². The largest absolute Gasteiger partial charge is 0.497 e. The van der Waals surface area contributed by atoms with Gasteiger partial charge in [-0.25, -0.2) is 15.0 Å². The lowest BCUT2D eigenvalue weighted by atomic mass is 10.0. The van der Waals surface area contributed by atoms with Crippen molar-refractivity contribution in [2.24, 2.45) is 0 Å². The summed E-state index contributed by atoms with van der Waals surface area (Å²) in [6, 6.07) is 7.77. The molecule has 1 fully saturated rings. The van der Waals surface area contributed by atoms with Gasteiger partial charge < -0.3 is 19.3 Å². The Bertz CT molecular complexity index is 1080. The standard InChI is InChI=1S/C22H25N5O3S/c1-14-20(31-13-24-14)21(28)27-8-9-30-18(12-27)19-17(11-23-22(25-19)26(2)3)15-6-5-7-16(10-15)29-4/h5-7,10-11,13,18H,8-9,12H2,1-4H3/t18-/m1/s1. The fourth-order valence-corrected chi connectivity index (χ4v) is 4.28. The fraction of sp³-hybridized carbons (Fsp3) is 0.364. The number of methoxy groups -OCH3 is 1. The summed E-state index contributed by atoms with van der Waals surface area (Å²) in [6.45, 7) is 3.24. The van der Waals surface area contributed by atoms with E-state index < -0.39 is 0 Å². The van der Waals surface area contributed by atoms with Crippen LogP contribution in [0.1, 0.15) is 27.2 Å². The molecule has 9 heteroatoms. The van der Waals surface area contributed by atoms with Gasteiger partial charge in [0.15, 0.2) is 0 Å². The molecule has 0 N–H and O–H groups in total. The van der Waals surface area contributed by atoms with Crippen LogP contribution in [0.4, 0.5) is 5.95 Å². The van der Waals surface area contributed by atoms with E-state index in [1.54, 1.807) is 12.6 Å². The van der Waals surface area contributed by atoms with E-state index >= 15 is 0 Å². The number of nitrogens with zero attached hydrogens (tertiary/aromatic N) is 5. The molecular weight excluding hydrogens is 414 g/mol. The second-order valence-electron chi connectivity index (χ2n) is 7.47. The van der Waals surface area contributed by atoms with E-state index in [9.17, 15) is 4.79 Å². The van der Waals surface area contributed by atoms with Crippen LogP contribution in [-0.2, 0) is 4.74 Å². The van der Waals surface area contributed by atoms with Gasteiger partial charge in [-0.05, 0) is 24.6 Å². The Hall–Kier alpha value is -3.04. The molecule has 1 saturated heterocycles. The van der Waals surface area contributed by atoms with E-state index in [1.165, 1.54) is 11.3 Å². The van der Waals surface area contributed by atoms with Gasteiger partial charge in [0.25, 0.3) is 5.91 Å². The lowest BCUT2D eigenvalue weighted by molar-refractivity contribution is -0.0243. The molecule has 31 heavy (non-hydrogen) atoms. The van der Waals surface area contributed by atoms with Gasteiger partial charge in [0.2, 0.25) is 5.95 Å². The number of carbonyl (C=O) groups excluding carboxylic acids is 1. The summed E-state index contributed by atoms with van der Waals surface area (Å²) in [5.41, 5.74) is 5.01. The Morgan fingerprint density at radius 1 is 1.32 bits per heavy atom. The van der Waals surface area contributed by atoms with Crippen LogP contribution in [0.25, 0.3) is 11.1 Å². The quantitative estimate of drug-likeness (QED) is 0.604. The molecular formula is C22H25N5O3S. The highest BCUT2D eigenvalue weighted by Gasteiger charge is 2.30. The van der Waals surface area contributed by atoms with E-state index in [0.29, 0.717) is 30.5 Å². The number of amides is 1. The number of rotatable bonds is 5. The summed E-state index contributed by atoms with van der Waals surface area (Å²) in [5.74, 6) is 1.33. The third-order valence-corrected chi connectivity index (χ3v) is 6.10. The molecule has 0 bridgehead atoms. The van der Waals surface area contributed by atoms with Crippen LogP contribution >= 0.6 is 11.3 Å². The van der Waals surface area contributed by atoms with Gasteiger partial charge in [-0.2, -0.15) is 0 Å². The molecule has 3 aromatic rings. The van der Waals surface area contributed by atoms with Crippen molar-refractivity contribution >= 4 is 23.2 Å². The molecule has 1 atom stereocenters. The van der Waals surface area contributed by atoms with E-state index in [2.05, 4.69) is 9.97 Å². The lowest BCUT2D eigenvalue weighted by Gasteiger charge is -2.33. The molecule has 3 heterocycles. The van der Waals surface area contributed by atoms with Crippen LogP contribution < -0.4 is 9.64 Å². The van der Waals surface area contributed by atoms with Gasteiger partial charge in [-0.3, -0.25) is 4.79 Å². The number of hydrogen-bond donors (Lipinski definition) is 0. The third-order valence-electron chi connectivity index (χ3n) is 5.18. The molecule has 0 spiro atoms. The molecule has 0 saturated carbocycles. The molecule has 1 aliphatic rings. The molecule has 0 aliphatic carbocycles. The maximum atomic E-state index is 13.1. The summed E-state index contributed by atoms with van der Waals surface area (Å²) in [7, 11) is 5.43. The average Bonchev–Trinajstić information content (AvgIpc) is 3.24. The van der Waals surface area contributed by atoms with Crippen molar-refractivity contribution in [3.8, 4) is 16.9 Å². The zero-order chi connectivity index (χ0) is 22.0. The molecule has 0 unspecified atom stereocenters. The van der Waals surface area contributed by atoms with E-state index in [4.69, 9.17) is 14.5 Å². The number of aryl methyl sites for hydroxylation is 1. The lowest BCUT2D eigenvalue weighted by Crippen LogP contribution is -2.42. The minimum atomic E-state index is -0.367. The van der Waals surface area contributed by atoms with Crippen molar-refractivity contribution in [3.63, 3.8) is 0 Å². The van der Waals surface area contributed by atoms with Crippen LogP contribution in [0.3, 0.4) is 0 Å². The maximum absolute atomic E-state index is 13.1. The van der Waals surface area contributed by atoms with Crippen molar-refractivity contribution < 1.29 is 14.3 Å². The minimum Gasteiger partial charge on any atom is -0.497 e. The Morgan fingerprint density at radius 2 is 2.16 bits per heavy atom. The van der Waals surface area contributed by atoms with Gasteiger partial charge >= 0.3 is 0 Å². The second-order valence-corrected chi connectivity index (χ2v) is 8.33. The van der Waals surface area contributed by atoms with Crippen molar-refractivity contribution in [2.75, 3.05) is 45.8 Å². The maximum Gasteiger partial charge on any atom is 0.266 e. The number of benzene rings is 1. The van der Waals surface area contributed by atoms with Crippen LogP contribution in [0.15, 0.2) is 36.0 Å². The Kier molecular flexibility index (Phi) is 6.15. The van der Waals surface area contributed by atoms with Crippen molar-refractivity contribution in [3.05, 3.63) is 52.2 Å². The number of ether oxygens (including phenoxy) is 2. The molecule has 4 rings (SSSR count). The first-order valence-corrected chi connectivity index (χ1v) is 10.9. The van der Waals surface area contributed by atoms with Gasteiger partial charge in [0.1, 0.15) is 16.7 Å². The molecule has 1 aliphatic heterocycles. The van der Waals surface area contributed by atoms with Gasteiger partial charge in [-0.1, -0.05) is 12.1 Å². The summed E-state index contributed by atoms with van der Waals surface area (Å²) >= 11 is 1.37. The molecule has 1 aromatic carbocycles. The van der Waals surface area contributed by atoms with Crippen LogP contribution in [0, 0.1) is 6.92 Å². The molecule has 1 amide bonds. The zero-order valence-corrected chi connectivity index (χ0v) is 18.8. The van der Waals surface area contributed by atoms with Crippen LogP contribution in [0.5, 0.6) is 5.75 Å². The number of aromatic nitrogens is 3. The normalized spacial score (nSPS) is 16.3. The second kappa shape index (κ2) is 8.99. The van der Waals surface area contributed by atoms with Crippen molar-refractivity contribution in [2.45, 2.75) is 13.0 Å². The average molecular weight is 440 g/mol. The van der Waals surface area contributed by atoms with E-state index in [-0.39, 0.29) is 12.0 Å². The summed E-state index contributed by atoms with van der Waals surface area (Å²) in [4.78, 5) is 30.9. The molecule has 0 radical (unpaired) electrons. The Morgan fingerprint density at radius 3 is 2.87 bits per heavy atom. The predicted molar refractivity (Wildman–Crippen MR) is 120 cm³/mol. The Balaban J connectivity index is 1.70. The third kappa shape index (κ3) is 4.38.